The molecule has 4 nitrogen and oxygen atoms in total. The van der Waals surface area contributed by atoms with Crippen LogP contribution in [0.3, 0.4) is 0 Å². The van der Waals surface area contributed by atoms with Crippen LogP contribution < -0.4 is 0 Å². The average Bonchev–Trinajstić information content (AvgIpc) is 2.37. The first-order chi connectivity index (χ1) is 9.29. The zero-order valence-electron chi connectivity index (χ0n) is 12.5. The Bertz CT molecular complexity index is 531. The number of ketones is 1. The van der Waals surface area contributed by atoms with Gasteiger partial charge < -0.3 is 9.64 Å². The van der Waals surface area contributed by atoms with Crippen molar-refractivity contribution in [3.63, 3.8) is 0 Å². The van der Waals surface area contributed by atoms with Crippen molar-refractivity contribution in [1.29, 1.82) is 0 Å². The minimum Gasteiger partial charge on any atom is -0.444 e. The van der Waals surface area contributed by atoms with E-state index in [1.54, 1.807) is 11.9 Å². The molecule has 0 aromatic heterocycles. The lowest BCUT2D eigenvalue weighted by Gasteiger charge is -2.33. The van der Waals surface area contributed by atoms with Gasteiger partial charge in [-0.2, -0.15) is 0 Å². The third-order valence-corrected chi connectivity index (χ3v) is 3.41. The van der Waals surface area contributed by atoms with Crippen molar-refractivity contribution in [2.24, 2.45) is 0 Å². The van der Waals surface area contributed by atoms with E-state index in [-0.39, 0.29) is 17.9 Å². The number of carbonyl (C=O) groups excluding carboxylic acids is 2. The molecule has 2 rings (SSSR count). The highest BCUT2D eigenvalue weighted by Gasteiger charge is 2.32. The van der Waals surface area contributed by atoms with E-state index in [1.807, 2.05) is 45.0 Å². The minimum atomic E-state index is -0.519. The van der Waals surface area contributed by atoms with Crippen molar-refractivity contribution in [2.75, 3.05) is 7.05 Å². The molecule has 108 valence electrons. The molecule has 1 aromatic carbocycles. The predicted octanol–water partition coefficient (Wildman–Crippen LogP) is 3.57. The van der Waals surface area contributed by atoms with Gasteiger partial charge in [0.2, 0.25) is 0 Å². The van der Waals surface area contributed by atoms with E-state index in [2.05, 4.69) is 0 Å². The molecule has 0 spiro atoms. The molecule has 4 heteroatoms. The topological polar surface area (TPSA) is 46.6 Å². The molecule has 0 fully saturated rings. The maximum Gasteiger partial charge on any atom is 0.410 e. The summed E-state index contributed by atoms with van der Waals surface area (Å²) >= 11 is 0. The fraction of sp³-hybridized carbons (Fsp3) is 0.500. The fourth-order valence-electron chi connectivity index (χ4n) is 2.46. The van der Waals surface area contributed by atoms with E-state index in [0.29, 0.717) is 12.8 Å². The lowest BCUT2D eigenvalue weighted by Crippen LogP contribution is -2.38. The van der Waals surface area contributed by atoms with Gasteiger partial charge in [-0.05, 0) is 32.8 Å². The summed E-state index contributed by atoms with van der Waals surface area (Å²) in [5.74, 6) is 0.148. The largest absolute Gasteiger partial charge is 0.444 e. The standard InChI is InChI=1S/C16H21NO3/c1-16(2,3)20-15(19)17(4)13-9-10-14(18)12-8-6-5-7-11(12)13/h5-8,13H,9-10H2,1-4H3. The highest BCUT2D eigenvalue weighted by molar-refractivity contribution is 5.98. The zero-order valence-corrected chi connectivity index (χ0v) is 12.5. The number of rotatable bonds is 1. The molecule has 1 aromatic rings. The number of fused-ring (bicyclic) bond motifs is 1. The van der Waals surface area contributed by atoms with Crippen molar-refractivity contribution >= 4 is 11.9 Å². The Kier molecular flexibility index (Phi) is 3.84. The number of benzene rings is 1. The molecule has 0 bridgehead atoms. The fourth-order valence-corrected chi connectivity index (χ4v) is 2.46. The molecule has 1 unspecified atom stereocenters. The molecule has 0 saturated heterocycles. The number of Topliss-reactive ketones (excluding diaryl/α,β-unsaturated/α-hetero) is 1. The van der Waals surface area contributed by atoms with Crippen LogP contribution in [-0.4, -0.2) is 29.4 Å². The van der Waals surface area contributed by atoms with Crippen LogP contribution in [0.5, 0.6) is 0 Å². The first-order valence-electron chi connectivity index (χ1n) is 6.87. The molecular formula is C16H21NO3. The van der Waals surface area contributed by atoms with Crippen molar-refractivity contribution in [3.05, 3.63) is 35.4 Å². The zero-order chi connectivity index (χ0) is 14.9. The SMILES string of the molecule is CN(C(=O)OC(C)(C)C)C1CCC(=O)c2ccccc21. The monoisotopic (exact) mass is 275 g/mol. The Morgan fingerprint density at radius 3 is 2.60 bits per heavy atom. The van der Waals surface area contributed by atoms with Crippen LogP contribution in [0.4, 0.5) is 4.79 Å². The molecule has 0 N–H and O–H groups in total. The van der Waals surface area contributed by atoms with E-state index < -0.39 is 5.60 Å². The van der Waals surface area contributed by atoms with Gasteiger partial charge in [0, 0.05) is 19.0 Å². The second-order valence-corrected chi connectivity index (χ2v) is 6.16. The molecular weight excluding hydrogens is 254 g/mol. The summed E-state index contributed by atoms with van der Waals surface area (Å²) in [6.45, 7) is 5.53. The summed E-state index contributed by atoms with van der Waals surface area (Å²) in [7, 11) is 1.73. The molecule has 0 aliphatic heterocycles. The van der Waals surface area contributed by atoms with E-state index >= 15 is 0 Å². The number of carbonyl (C=O) groups is 2. The van der Waals surface area contributed by atoms with Crippen molar-refractivity contribution in [2.45, 2.75) is 45.3 Å². The van der Waals surface area contributed by atoms with Crippen molar-refractivity contribution in [3.8, 4) is 0 Å². The highest BCUT2D eigenvalue weighted by atomic mass is 16.6. The van der Waals surface area contributed by atoms with E-state index in [9.17, 15) is 9.59 Å². The minimum absolute atomic E-state index is 0.0984. The Morgan fingerprint density at radius 1 is 1.30 bits per heavy atom. The van der Waals surface area contributed by atoms with Crippen LogP contribution in [-0.2, 0) is 4.74 Å². The maximum atomic E-state index is 12.2. The van der Waals surface area contributed by atoms with Crippen molar-refractivity contribution < 1.29 is 14.3 Å². The summed E-state index contributed by atoms with van der Waals surface area (Å²) in [4.78, 5) is 25.7. The van der Waals surface area contributed by atoms with Gasteiger partial charge in [-0.1, -0.05) is 24.3 Å². The number of nitrogens with zero attached hydrogens (tertiary/aromatic N) is 1. The van der Waals surface area contributed by atoms with Gasteiger partial charge in [-0.25, -0.2) is 4.79 Å². The second-order valence-electron chi connectivity index (χ2n) is 6.16. The second kappa shape index (κ2) is 5.27. The first-order valence-corrected chi connectivity index (χ1v) is 6.87. The van der Waals surface area contributed by atoms with Gasteiger partial charge in [0.15, 0.2) is 5.78 Å². The van der Waals surface area contributed by atoms with Gasteiger partial charge in [-0.3, -0.25) is 4.79 Å². The Balaban J connectivity index is 2.24. The Morgan fingerprint density at radius 2 is 1.95 bits per heavy atom. The van der Waals surface area contributed by atoms with E-state index in [1.165, 1.54) is 0 Å². The number of hydrogen-bond donors (Lipinski definition) is 0. The summed E-state index contributed by atoms with van der Waals surface area (Å²) in [6, 6.07) is 7.39. The molecule has 0 radical (unpaired) electrons. The van der Waals surface area contributed by atoms with Gasteiger partial charge in [0.05, 0.1) is 6.04 Å². The third-order valence-electron chi connectivity index (χ3n) is 3.41. The number of amides is 1. The Labute approximate surface area is 119 Å². The van der Waals surface area contributed by atoms with Gasteiger partial charge in [0.1, 0.15) is 5.60 Å². The van der Waals surface area contributed by atoms with Gasteiger partial charge in [-0.15, -0.1) is 0 Å². The van der Waals surface area contributed by atoms with Gasteiger partial charge in [0.25, 0.3) is 0 Å². The molecule has 1 aliphatic rings. The third kappa shape index (κ3) is 3.00. The maximum absolute atomic E-state index is 12.2. The van der Waals surface area contributed by atoms with E-state index in [4.69, 9.17) is 4.74 Å². The van der Waals surface area contributed by atoms with Crippen molar-refractivity contribution in [1.82, 2.24) is 4.90 Å². The first kappa shape index (κ1) is 14.6. The Hall–Kier alpha value is -1.84. The smallest absolute Gasteiger partial charge is 0.410 e. The van der Waals surface area contributed by atoms with Crippen LogP contribution in [0, 0.1) is 0 Å². The number of hydrogen-bond acceptors (Lipinski definition) is 3. The summed E-state index contributed by atoms with van der Waals surface area (Å²) in [5, 5.41) is 0. The lowest BCUT2D eigenvalue weighted by molar-refractivity contribution is 0.0203. The highest BCUT2D eigenvalue weighted by Crippen LogP contribution is 2.34. The molecule has 0 heterocycles. The molecule has 1 atom stereocenters. The average molecular weight is 275 g/mol. The number of ether oxygens (including phenoxy) is 1. The summed E-state index contributed by atoms with van der Waals surface area (Å²) in [6.07, 6.45) is 0.757. The normalized spacial score (nSPS) is 18.4. The van der Waals surface area contributed by atoms with Crippen LogP contribution in [0.2, 0.25) is 0 Å². The van der Waals surface area contributed by atoms with Crippen LogP contribution in [0.1, 0.15) is 55.6 Å². The molecule has 20 heavy (non-hydrogen) atoms. The van der Waals surface area contributed by atoms with Crippen LogP contribution in [0.15, 0.2) is 24.3 Å². The molecule has 1 aliphatic carbocycles. The van der Waals surface area contributed by atoms with Gasteiger partial charge >= 0.3 is 6.09 Å². The lowest BCUT2D eigenvalue weighted by atomic mass is 9.86. The molecule has 0 saturated carbocycles. The van der Waals surface area contributed by atoms with E-state index in [0.717, 1.165) is 11.1 Å². The van der Waals surface area contributed by atoms with Crippen LogP contribution in [0.25, 0.3) is 0 Å². The van der Waals surface area contributed by atoms with Crippen LogP contribution >= 0.6 is 0 Å². The predicted molar refractivity (Wildman–Crippen MR) is 76.7 cm³/mol. The summed E-state index contributed by atoms with van der Waals surface area (Å²) in [5.41, 5.74) is 1.12. The summed E-state index contributed by atoms with van der Waals surface area (Å²) < 4.78 is 5.40. The quantitative estimate of drug-likeness (QED) is 0.787. The molecule has 1 amide bonds.